The molecule has 0 bridgehead atoms. The number of aromatic nitrogens is 2. The minimum Gasteiger partial charge on any atom is -0.315 e. The van der Waals surface area contributed by atoms with Gasteiger partial charge in [-0.2, -0.15) is 5.10 Å². The molecule has 1 N–H and O–H groups in total. The lowest BCUT2D eigenvalue weighted by molar-refractivity contribution is 0.0939. The number of nitrogens with zero attached hydrogens (tertiary/aromatic N) is 3. The zero-order valence-corrected chi connectivity index (χ0v) is 14.3. The molecule has 0 aliphatic heterocycles. The Balaban J connectivity index is 2.84. The second kappa shape index (κ2) is 7.23. The van der Waals surface area contributed by atoms with Gasteiger partial charge in [0.25, 0.3) is 0 Å². The summed E-state index contributed by atoms with van der Waals surface area (Å²) in [5.41, 5.74) is 1.28. The van der Waals surface area contributed by atoms with Crippen molar-refractivity contribution in [1.29, 1.82) is 0 Å². The number of rotatable bonds is 8. The van der Waals surface area contributed by atoms with E-state index in [4.69, 9.17) is 0 Å². The molecule has 4 nitrogen and oxygen atoms in total. The molecule has 4 heteroatoms. The smallest absolute Gasteiger partial charge is 0.0640 e. The third-order valence-electron chi connectivity index (χ3n) is 4.39. The molecule has 0 fully saturated rings. The lowest BCUT2D eigenvalue weighted by atomic mass is 9.89. The highest BCUT2D eigenvalue weighted by atomic mass is 15.3. The Labute approximate surface area is 124 Å². The predicted molar refractivity (Wildman–Crippen MR) is 86.2 cm³/mol. The largest absolute Gasteiger partial charge is 0.315 e. The predicted octanol–water partition coefficient (Wildman–Crippen LogP) is 2.71. The van der Waals surface area contributed by atoms with Crippen LogP contribution >= 0.6 is 0 Å². The minimum atomic E-state index is 0.111. The molecule has 1 rings (SSSR count). The van der Waals surface area contributed by atoms with E-state index in [1.807, 2.05) is 4.68 Å². The van der Waals surface area contributed by atoms with E-state index in [0.29, 0.717) is 12.1 Å². The highest BCUT2D eigenvalue weighted by Gasteiger charge is 2.33. The van der Waals surface area contributed by atoms with E-state index < -0.39 is 0 Å². The Hall–Kier alpha value is -0.870. The van der Waals surface area contributed by atoms with Crippen LogP contribution in [0, 0.1) is 0 Å². The first-order valence-electron chi connectivity index (χ1n) is 7.83. The van der Waals surface area contributed by atoms with Gasteiger partial charge in [-0.05, 0) is 53.9 Å². The van der Waals surface area contributed by atoms with E-state index in [2.05, 4.69) is 76.2 Å². The highest BCUT2D eigenvalue weighted by molar-refractivity contribution is 5.06. The Morgan fingerprint density at radius 1 is 1.30 bits per heavy atom. The maximum Gasteiger partial charge on any atom is 0.0640 e. The fraction of sp³-hybridized carbons (Fsp3) is 0.812. The Kier molecular flexibility index (Phi) is 6.21. The van der Waals surface area contributed by atoms with Gasteiger partial charge < -0.3 is 5.32 Å². The first-order valence-corrected chi connectivity index (χ1v) is 7.83. The summed E-state index contributed by atoms with van der Waals surface area (Å²) in [6.45, 7) is 15.6. The SMILES string of the molecule is CCN(CC)C(C)(C)C(Cc1ccn(C(C)C)n1)NC. The van der Waals surface area contributed by atoms with Crippen molar-refractivity contribution in [2.24, 2.45) is 0 Å². The molecule has 1 aromatic rings. The first kappa shape index (κ1) is 17.2. The normalized spacial score (nSPS) is 14.2. The van der Waals surface area contributed by atoms with Crippen LogP contribution in [0.4, 0.5) is 0 Å². The standard InChI is InChI=1S/C16H32N4/c1-8-19(9-2)16(5,6)15(17-7)12-14-10-11-20(18-14)13(3)4/h10-11,13,15,17H,8-9,12H2,1-7H3. The lowest BCUT2D eigenvalue weighted by Gasteiger charge is -2.43. The van der Waals surface area contributed by atoms with E-state index in [9.17, 15) is 0 Å². The summed E-state index contributed by atoms with van der Waals surface area (Å²) in [7, 11) is 2.05. The van der Waals surface area contributed by atoms with Gasteiger partial charge in [0.05, 0.1) is 5.69 Å². The van der Waals surface area contributed by atoms with E-state index >= 15 is 0 Å². The zero-order valence-electron chi connectivity index (χ0n) is 14.3. The Morgan fingerprint density at radius 3 is 2.30 bits per heavy atom. The van der Waals surface area contributed by atoms with Crippen molar-refractivity contribution in [3.63, 3.8) is 0 Å². The molecule has 0 radical (unpaired) electrons. The average Bonchev–Trinajstić information content (AvgIpc) is 2.85. The van der Waals surface area contributed by atoms with Crippen LogP contribution in [0.5, 0.6) is 0 Å². The van der Waals surface area contributed by atoms with Crippen LogP contribution in [-0.4, -0.2) is 46.4 Å². The molecule has 0 spiro atoms. The Morgan fingerprint density at radius 2 is 1.90 bits per heavy atom. The van der Waals surface area contributed by atoms with E-state index in [0.717, 1.165) is 19.5 Å². The molecule has 116 valence electrons. The number of hydrogen-bond donors (Lipinski definition) is 1. The van der Waals surface area contributed by atoms with Gasteiger partial charge in [0.2, 0.25) is 0 Å². The van der Waals surface area contributed by atoms with Crippen LogP contribution in [0.15, 0.2) is 12.3 Å². The van der Waals surface area contributed by atoms with Gasteiger partial charge in [0.15, 0.2) is 0 Å². The molecule has 0 aliphatic rings. The van der Waals surface area contributed by atoms with Crippen molar-refractivity contribution >= 4 is 0 Å². The van der Waals surface area contributed by atoms with Crippen LogP contribution in [-0.2, 0) is 6.42 Å². The fourth-order valence-corrected chi connectivity index (χ4v) is 2.95. The summed E-state index contributed by atoms with van der Waals surface area (Å²) in [5, 5.41) is 8.17. The number of likely N-dealkylation sites (N-methyl/N-ethyl adjacent to an activating group) is 2. The van der Waals surface area contributed by atoms with Crippen LogP contribution in [0.25, 0.3) is 0 Å². The molecule has 0 aliphatic carbocycles. The van der Waals surface area contributed by atoms with Gasteiger partial charge in [0.1, 0.15) is 0 Å². The molecule has 1 heterocycles. The van der Waals surface area contributed by atoms with Crippen LogP contribution in [0.3, 0.4) is 0 Å². The van der Waals surface area contributed by atoms with Gasteiger partial charge in [-0.15, -0.1) is 0 Å². The summed E-state index contributed by atoms with van der Waals surface area (Å²) in [5.74, 6) is 0. The summed E-state index contributed by atoms with van der Waals surface area (Å²) < 4.78 is 2.03. The molecule has 0 aromatic carbocycles. The average molecular weight is 280 g/mol. The minimum absolute atomic E-state index is 0.111. The maximum atomic E-state index is 4.68. The third kappa shape index (κ3) is 3.83. The molecule has 0 saturated carbocycles. The summed E-state index contributed by atoms with van der Waals surface area (Å²) in [6.07, 6.45) is 3.04. The fourth-order valence-electron chi connectivity index (χ4n) is 2.95. The zero-order chi connectivity index (χ0) is 15.3. The maximum absolute atomic E-state index is 4.68. The second-order valence-corrected chi connectivity index (χ2v) is 6.25. The van der Waals surface area contributed by atoms with Crippen LogP contribution < -0.4 is 5.32 Å². The van der Waals surface area contributed by atoms with E-state index in [-0.39, 0.29) is 5.54 Å². The van der Waals surface area contributed by atoms with Crippen LogP contribution in [0.1, 0.15) is 53.3 Å². The van der Waals surface area contributed by atoms with Crippen molar-refractivity contribution in [1.82, 2.24) is 20.0 Å². The second-order valence-electron chi connectivity index (χ2n) is 6.25. The van der Waals surface area contributed by atoms with Crippen molar-refractivity contribution in [3.8, 4) is 0 Å². The third-order valence-corrected chi connectivity index (χ3v) is 4.39. The summed E-state index contributed by atoms with van der Waals surface area (Å²) in [6, 6.07) is 2.95. The molecular formula is C16H32N4. The highest BCUT2D eigenvalue weighted by Crippen LogP contribution is 2.21. The number of nitrogens with one attached hydrogen (secondary N) is 1. The van der Waals surface area contributed by atoms with E-state index in [1.54, 1.807) is 0 Å². The molecule has 1 unspecified atom stereocenters. The van der Waals surface area contributed by atoms with Crippen molar-refractivity contribution < 1.29 is 0 Å². The molecule has 20 heavy (non-hydrogen) atoms. The molecular weight excluding hydrogens is 248 g/mol. The monoisotopic (exact) mass is 280 g/mol. The van der Waals surface area contributed by atoms with Crippen molar-refractivity contribution in [3.05, 3.63) is 18.0 Å². The first-order chi connectivity index (χ1) is 9.36. The molecule has 1 aromatic heterocycles. The van der Waals surface area contributed by atoms with Crippen molar-refractivity contribution in [2.45, 2.75) is 65.6 Å². The van der Waals surface area contributed by atoms with Crippen LogP contribution in [0.2, 0.25) is 0 Å². The molecule has 0 saturated heterocycles. The summed E-state index contributed by atoms with van der Waals surface area (Å²) in [4.78, 5) is 2.51. The quantitative estimate of drug-likeness (QED) is 0.795. The van der Waals surface area contributed by atoms with Gasteiger partial charge in [-0.25, -0.2) is 0 Å². The number of hydrogen-bond acceptors (Lipinski definition) is 3. The van der Waals surface area contributed by atoms with Gasteiger partial charge in [-0.3, -0.25) is 9.58 Å². The molecule has 1 atom stereocenters. The van der Waals surface area contributed by atoms with E-state index in [1.165, 1.54) is 5.69 Å². The summed E-state index contributed by atoms with van der Waals surface area (Å²) >= 11 is 0. The van der Waals surface area contributed by atoms with Gasteiger partial charge >= 0.3 is 0 Å². The Bertz CT molecular complexity index is 391. The van der Waals surface area contributed by atoms with Crippen molar-refractivity contribution in [2.75, 3.05) is 20.1 Å². The molecule has 0 amide bonds. The van der Waals surface area contributed by atoms with Gasteiger partial charge in [-0.1, -0.05) is 13.8 Å². The lowest BCUT2D eigenvalue weighted by Crippen LogP contribution is -2.57. The topological polar surface area (TPSA) is 33.1 Å². The van der Waals surface area contributed by atoms with Gasteiger partial charge in [0, 0.05) is 30.2 Å².